The lowest BCUT2D eigenvalue weighted by molar-refractivity contribution is -0.131. The first-order valence-electron chi connectivity index (χ1n) is 9.03. The summed E-state index contributed by atoms with van der Waals surface area (Å²) in [6.45, 7) is 14.3. The molecule has 0 bridgehead atoms. The maximum absolute atomic E-state index is 12.0. The molecule has 0 aliphatic carbocycles. The third-order valence-corrected chi connectivity index (χ3v) is 3.33. The summed E-state index contributed by atoms with van der Waals surface area (Å²) in [6, 6.07) is 0.0609. The molecule has 1 unspecified atom stereocenters. The maximum Gasteiger partial charge on any atom is 0.404 e. The predicted molar refractivity (Wildman–Crippen MR) is 112 cm³/mol. The van der Waals surface area contributed by atoms with Gasteiger partial charge in [0, 0.05) is 32.8 Å². The average Bonchev–Trinajstić information content (AvgIpc) is 3.19. The highest BCUT2D eigenvalue weighted by atomic mass is 16.5. The fourth-order valence-corrected chi connectivity index (χ4v) is 2.21. The van der Waals surface area contributed by atoms with E-state index in [0.29, 0.717) is 12.1 Å². The number of hydrogen-bond donors (Lipinski definition) is 3. The van der Waals surface area contributed by atoms with Crippen LogP contribution in [0, 0.1) is 0 Å². The minimum absolute atomic E-state index is 0.0609. The Morgan fingerprint density at radius 3 is 2.30 bits per heavy atom. The van der Waals surface area contributed by atoms with Crippen molar-refractivity contribution in [2.24, 2.45) is 10.7 Å². The molecule has 1 fully saturated rings. The molecule has 0 spiro atoms. The highest BCUT2D eigenvalue weighted by molar-refractivity contribution is 5.93. The van der Waals surface area contributed by atoms with Gasteiger partial charge in [0.05, 0.1) is 13.2 Å². The highest BCUT2D eigenvalue weighted by Crippen LogP contribution is 2.19. The Hall–Kier alpha value is -2.35. The van der Waals surface area contributed by atoms with Crippen LogP contribution in [-0.2, 0) is 9.53 Å². The standard InChI is InChI=1S/C14H23N3O.C2H5NO2.C2H6.CH4O/c1-5-8-13(18)17-10-7-9-12(17)14(15-4)16-11(3)6-2;1-5-2(3)4;2*1-2/h6,12H,2-3,5,7-10H2,1,4H3,(H,15,16);1H3,(H2,3,4);1-2H3;2H,1H3. The lowest BCUT2D eigenvalue weighted by atomic mass is 10.2. The van der Waals surface area contributed by atoms with Crippen molar-refractivity contribution in [1.82, 2.24) is 10.2 Å². The Morgan fingerprint density at radius 1 is 1.41 bits per heavy atom. The number of carbonyl (C=O) groups is 2. The maximum atomic E-state index is 12.0. The number of aliphatic hydroxyl groups is 1. The van der Waals surface area contributed by atoms with Crippen LogP contribution in [0.5, 0.6) is 0 Å². The smallest absolute Gasteiger partial charge is 0.404 e. The summed E-state index contributed by atoms with van der Waals surface area (Å²) in [5.74, 6) is 1.02. The zero-order chi connectivity index (χ0) is 21.8. The van der Waals surface area contributed by atoms with E-state index in [1.54, 1.807) is 13.1 Å². The summed E-state index contributed by atoms with van der Waals surface area (Å²) >= 11 is 0. The van der Waals surface area contributed by atoms with Gasteiger partial charge in [0.1, 0.15) is 5.84 Å². The van der Waals surface area contributed by atoms with E-state index in [9.17, 15) is 9.59 Å². The number of nitrogens with one attached hydrogen (secondary N) is 1. The predicted octanol–water partition coefficient (Wildman–Crippen LogP) is 2.44. The number of likely N-dealkylation sites (tertiary alicyclic amines) is 1. The van der Waals surface area contributed by atoms with Gasteiger partial charge in [0.25, 0.3) is 0 Å². The molecule has 1 saturated heterocycles. The molecule has 1 aliphatic rings. The number of amides is 2. The second kappa shape index (κ2) is 20.0. The monoisotopic (exact) mass is 386 g/mol. The van der Waals surface area contributed by atoms with Gasteiger partial charge in [-0.05, 0) is 25.3 Å². The van der Waals surface area contributed by atoms with Crippen LogP contribution >= 0.6 is 0 Å². The molecule has 8 heteroatoms. The molecule has 2 amide bonds. The van der Waals surface area contributed by atoms with Gasteiger partial charge in [-0.2, -0.15) is 0 Å². The SMILES string of the molecule is C=CC(=C)NC(=NC)C1CCCN1C(=O)CCC.CC.CO.COC(N)=O. The molecule has 158 valence electrons. The van der Waals surface area contributed by atoms with Crippen LogP contribution in [0.25, 0.3) is 0 Å². The van der Waals surface area contributed by atoms with Crippen molar-refractivity contribution in [1.29, 1.82) is 0 Å². The third-order valence-electron chi connectivity index (χ3n) is 3.33. The second-order valence-corrected chi connectivity index (χ2v) is 4.98. The molecular formula is C19H38N4O4. The van der Waals surface area contributed by atoms with E-state index < -0.39 is 6.09 Å². The lowest BCUT2D eigenvalue weighted by Gasteiger charge is -2.26. The van der Waals surface area contributed by atoms with Gasteiger partial charge in [0.2, 0.25) is 5.91 Å². The number of nitrogens with two attached hydrogens (primary N) is 1. The van der Waals surface area contributed by atoms with Gasteiger partial charge >= 0.3 is 6.09 Å². The van der Waals surface area contributed by atoms with Crippen molar-refractivity contribution in [3.63, 3.8) is 0 Å². The van der Waals surface area contributed by atoms with Crippen LogP contribution in [0.3, 0.4) is 0 Å². The Bertz CT molecular complexity index is 465. The van der Waals surface area contributed by atoms with Crippen LogP contribution in [0.15, 0.2) is 29.9 Å². The molecule has 0 aromatic rings. The van der Waals surface area contributed by atoms with Crippen molar-refractivity contribution in [3.8, 4) is 0 Å². The number of allylic oxidation sites excluding steroid dienone is 1. The minimum atomic E-state index is -0.745. The number of primary amides is 1. The van der Waals surface area contributed by atoms with Crippen molar-refractivity contribution in [3.05, 3.63) is 24.9 Å². The largest absolute Gasteiger partial charge is 0.453 e. The van der Waals surface area contributed by atoms with E-state index in [-0.39, 0.29) is 11.9 Å². The number of amidine groups is 1. The first-order valence-corrected chi connectivity index (χ1v) is 9.03. The summed E-state index contributed by atoms with van der Waals surface area (Å²) in [5, 5.41) is 10.1. The second-order valence-electron chi connectivity index (χ2n) is 4.98. The molecule has 0 aromatic carbocycles. The van der Waals surface area contributed by atoms with E-state index in [1.807, 2.05) is 25.7 Å². The van der Waals surface area contributed by atoms with Crippen LogP contribution in [0.1, 0.15) is 46.5 Å². The molecule has 1 heterocycles. The fraction of sp³-hybridized carbons (Fsp3) is 0.632. The number of hydrogen-bond acceptors (Lipinski definition) is 5. The number of nitrogens with zero attached hydrogens (tertiary/aromatic N) is 2. The van der Waals surface area contributed by atoms with Gasteiger partial charge in [-0.1, -0.05) is 33.9 Å². The molecule has 1 aliphatic heterocycles. The summed E-state index contributed by atoms with van der Waals surface area (Å²) in [4.78, 5) is 27.6. The molecule has 0 saturated carbocycles. The van der Waals surface area contributed by atoms with E-state index in [2.05, 4.69) is 33.9 Å². The van der Waals surface area contributed by atoms with Crippen LogP contribution in [0.2, 0.25) is 0 Å². The van der Waals surface area contributed by atoms with Gasteiger partial charge in [-0.15, -0.1) is 0 Å². The Balaban J connectivity index is -0.000000543. The number of aliphatic hydroxyl groups excluding tert-OH is 1. The number of rotatable bonds is 5. The normalized spacial score (nSPS) is 14.9. The summed E-state index contributed by atoms with van der Waals surface area (Å²) < 4.78 is 3.89. The molecule has 1 rings (SSSR count). The zero-order valence-electron chi connectivity index (χ0n) is 17.7. The number of ether oxygens (including phenoxy) is 1. The molecule has 0 radical (unpaired) electrons. The van der Waals surface area contributed by atoms with Crippen LogP contribution < -0.4 is 11.1 Å². The molecule has 27 heavy (non-hydrogen) atoms. The van der Waals surface area contributed by atoms with Crippen LogP contribution in [0.4, 0.5) is 4.79 Å². The lowest BCUT2D eigenvalue weighted by Crippen LogP contribution is -2.45. The fourth-order valence-electron chi connectivity index (χ4n) is 2.21. The molecule has 0 aromatic heterocycles. The van der Waals surface area contributed by atoms with E-state index in [4.69, 9.17) is 5.11 Å². The summed E-state index contributed by atoms with van der Waals surface area (Å²) in [6.07, 6.45) is 4.38. The first kappa shape index (κ1) is 29.4. The molecular weight excluding hydrogens is 348 g/mol. The Kier molecular flexibility index (Phi) is 21.8. The average molecular weight is 387 g/mol. The van der Waals surface area contributed by atoms with Crippen LogP contribution in [-0.4, -0.2) is 61.7 Å². The molecule has 1 atom stereocenters. The number of carbonyl (C=O) groups excluding carboxylic acids is 2. The van der Waals surface area contributed by atoms with Crippen molar-refractivity contribution in [2.45, 2.75) is 52.5 Å². The summed E-state index contributed by atoms with van der Waals surface area (Å²) in [7, 11) is 3.96. The zero-order valence-corrected chi connectivity index (χ0v) is 17.7. The van der Waals surface area contributed by atoms with Gasteiger partial charge in [0.15, 0.2) is 0 Å². The molecule has 4 N–H and O–H groups in total. The van der Waals surface area contributed by atoms with Gasteiger partial charge < -0.3 is 25.8 Å². The van der Waals surface area contributed by atoms with E-state index >= 15 is 0 Å². The Morgan fingerprint density at radius 2 is 1.93 bits per heavy atom. The van der Waals surface area contributed by atoms with Crippen molar-refractivity contribution in [2.75, 3.05) is 27.8 Å². The van der Waals surface area contributed by atoms with Gasteiger partial charge in [-0.25, -0.2) is 4.79 Å². The topological polar surface area (TPSA) is 117 Å². The van der Waals surface area contributed by atoms with Gasteiger partial charge in [-0.3, -0.25) is 9.79 Å². The quantitative estimate of drug-likeness (QED) is 0.381. The Labute approximate surface area is 164 Å². The third kappa shape index (κ3) is 13.5. The number of aliphatic imine (C=N–C) groups is 1. The van der Waals surface area contributed by atoms with E-state index in [0.717, 1.165) is 38.8 Å². The first-order chi connectivity index (χ1) is 12.9. The highest BCUT2D eigenvalue weighted by Gasteiger charge is 2.31. The summed E-state index contributed by atoms with van der Waals surface area (Å²) in [5.41, 5.74) is 5.14. The number of methoxy groups -OCH3 is 1. The van der Waals surface area contributed by atoms with Crippen molar-refractivity contribution < 1.29 is 19.4 Å². The van der Waals surface area contributed by atoms with Crippen molar-refractivity contribution >= 4 is 17.8 Å². The molecule has 8 nitrogen and oxygen atoms in total. The van der Waals surface area contributed by atoms with E-state index in [1.165, 1.54) is 7.11 Å². The minimum Gasteiger partial charge on any atom is -0.453 e.